The highest BCUT2D eigenvalue weighted by molar-refractivity contribution is 7.65. The number of rotatable bonds is 5. The Morgan fingerprint density at radius 1 is 0.824 bits per heavy atom. The molecule has 0 spiro atoms. The fourth-order valence-corrected chi connectivity index (χ4v) is 20.1. The molecule has 0 rings (SSSR count). The van der Waals surface area contributed by atoms with E-state index in [0.717, 1.165) is 0 Å². The van der Waals surface area contributed by atoms with Gasteiger partial charge in [-0.2, -0.15) is 4.00 Å². The lowest BCUT2D eigenvalue weighted by Gasteiger charge is -2.43. The van der Waals surface area contributed by atoms with Gasteiger partial charge < -0.3 is 4.75 Å². The molecule has 0 aliphatic rings. The largest absolute Gasteiger partial charge is 0.426 e. The van der Waals surface area contributed by atoms with Crippen molar-refractivity contribution in [2.24, 2.45) is 0 Å². The van der Waals surface area contributed by atoms with Gasteiger partial charge in [-0.15, -0.1) is 0 Å². The first kappa shape index (κ1) is 17.7. The second-order valence-corrected chi connectivity index (χ2v) is 25.0. The van der Waals surface area contributed by atoms with E-state index in [1.54, 1.807) is 0 Å². The van der Waals surface area contributed by atoms with Crippen molar-refractivity contribution < 1.29 is 0 Å². The molecule has 1 unspecified atom stereocenters. The van der Waals surface area contributed by atoms with Gasteiger partial charge in [-0.25, -0.2) is 0 Å². The van der Waals surface area contributed by atoms with Crippen LogP contribution in [0.25, 0.3) is 4.75 Å². The van der Waals surface area contributed by atoms with Crippen LogP contribution in [0.5, 0.6) is 0 Å². The Labute approximate surface area is 113 Å². The maximum atomic E-state index is 5.20. The van der Waals surface area contributed by atoms with E-state index in [1.165, 1.54) is 0 Å². The van der Waals surface area contributed by atoms with Gasteiger partial charge in [0.25, 0.3) is 0 Å². The number of hydrogen-bond donors (Lipinski definition) is 0. The van der Waals surface area contributed by atoms with E-state index in [0.29, 0.717) is 0 Å². The van der Waals surface area contributed by atoms with Crippen LogP contribution in [0.15, 0.2) is 0 Å². The molecule has 0 heterocycles. The molecule has 1 atom stereocenters. The summed E-state index contributed by atoms with van der Waals surface area (Å²) in [5.41, 5.74) is 0. The van der Waals surface area contributed by atoms with Crippen LogP contribution >= 0.6 is 7.85 Å². The van der Waals surface area contributed by atoms with E-state index in [4.69, 9.17) is 4.75 Å². The molecular weight excluding hydrogens is 275 g/mol. The van der Waals surface area contributed by atoms with Crippen LogP contribution in [-0.4, -0.2) is 34.5 Å². The highest BCUT2D eigenvalue weighted by atomic mass is 31.1. The van der Waals surface area contributed by atoms with E-state index in [1.807, 2.05) is 0 Å². The van der Waals surface area contributed by atoms with E-state index in [-0.39, 0.29) is 7.85 Å². The third-order valence-electron chi connectivity index (χ3n) is 2.11. The average Bonchev–Trinajstić information content (AvgIpc) is 1.94. The maximum Gasteiger partial charge on any atom is 0.161 e. The standard InChI is InChI=1S/C11H31N2PSi3/c1-11-14(12-15(2,3)4)13(16(5,6)7)17(8,9)10/h11H,1-10H3. The molecule has 0 aliphatic heterocycles. The summed E-state index contributed by atoms with van der Waals surface area (Å²) in [7, 11) is -4.27. The number of nitrogens with zero attached hydrogens (tertiary/aromatic N) is 2. The van der Waals surface area contributed by atoms with Crippen LogP contribution in [0.2, 0.25) is 58.9 Å². The van der Waals surface area contributed by atoms with E-state index in [2.05, 4.69) is 75.6 Å². The summed E-state index contributed by atoms with van der Waals surface area (Å²) < 4.78 is 8.06. The highest BCUT2D eigenvalue weighted by Gasteiger charge is 2.41. The Balaban J connectivity index is 5.32. The molecule has 17 heavy (non-hydrogen) atoms. The molecule has 0 fully saturated rings. The van der Waals surface area contributed by atoms with Gasteiger partial charge in [-0.3, -0.25) is 0 Å². The zero-order valence-electron chi connectivity index (χ0n) is 13.4. The molecule has 102 valence electrons. The van der Waals surface area contributed by atoms with Crippen molar-refractivity contribution >= 4 is 38.3 Å². The summed E-state index contributed by atoms with van der Waals surface area (Å²) in [5.74, 6) is 2.37. The Hall–Kier alpha value is 0.741. The monoisotopic (exact) mass is 306 g/mol. The van der Waals surface area contributed by atoms with Gasteiger partial charge in [-0.1, -0.05) is 58.9 Å². The molecule has 0 aromatic carbocycles. The first-order valence-electron chi connectivity index (χ1n) is 6.41. The molecule has 2 nitrogen and oxygen atoms in total. The second kappa shape index (κ2) is 5.80. The Morgan fingerprint density at radius 2 is 1.18 bits per heavy atom. The molecule has 0 aliphatic carbocycles. The third-order valence-corrected chi connectivity index (χ3v) is 17.6. The van der Waals surface area contributed by atoms with Gasteiger partial charge in [0.15, 0.2) is 16.5 Å². The lowest BCUT2D eigenvalue weighted by atomic mass is 11.0. The summed E-state index contributed by atoms with van der Waals surface area (Å²) in [6, 6.07) is 0. The molecule has 0 radical (unpaired) electrons. The minimum absolute atomic E-state index is 0.368. The summed E-state index contributed by atoms with van der Waals surface area (Å²) in [6.07, 6.45) is 0. The molecule has 0 bridgehead atoms. The Morgan fingerprint density at radius 3 is 1.35 bits per heavy atom. The van der Waals surface area contributed by atoms with Gasteiger partial charge in [0.2, 0.25) is 0 Å². The third kappa shape index (κ3) is 6.45. The van der Waals surface area contributed by atoms with Crippen LogP contribution < -0.4 is 0 Å². The smallest absolute Gasteiger partial charge is 0.161 e. The Kier molecular flexibility index (Phi) is 6.05. The lowest BCUT2D eigenvalue weighted by molar-refractivity contribution is 0.988. The first-order chi connectivity index (χ1) is 7.29. The summed E-state index contributed by atoms with van der Waals surface area (Å²) in [5, 5.41) is 0. The van der Waals surface area contributed by atoms with Crippen LogP contribution in [0, 0.1) is 0 Å². The topological polar surface area (TPSA) is 17.3 Å². The molecule has 0 aromatic heterocycles. The molecule has 0 N–H and O–H groups in total. The van der Waals surface area contributed by atoms with Crippen molar-refractivity contribution in [2.45, 2.75) is 65.8 Å². The highest BCUT2D eigenvalue weighted by Crippen LogP contribution is 2.46. The van der Waals surface area contributed by atoms with Crippen molar-refractivity contribution in [2.75, 3.05) is 0 Å². The second-order valence-electron chi connectivity index (χ2n) is 7.50. The van der Waals surface area contributed by atoms with Gasteiger partial charge in [0.05, 0.1) is 13.6 Å². The van der Waals surface area contributed by atoms with Gasteiger partial charge in [-0.05, 0) is 15.2 Å². The van der Waals surface area contributed by atoms with Crippen LogP contribution in [-0.2, 0) is 0 Å². The molecule has 0 aromatic rings. The SMILES string of the molecule is C/C=[P+](/[N-][Si](C)(C)C)N([Si](C)(C)C)[Si](C)(C)C. The quantitative estimate of drug-likeness (QED) is 0.497. The molecule has 0 saturated heterocycles. The summed E-state index contributed by atoms with van der Waals surface area (Å²) in [4.78, 5) is 0. The van der Waals surface area contributed by atoms with E-state index in [9.17, 15) is 0 Å². The minimum Gasteiger partial charge on any atom is -0.426 e. The molecule has 0 saturated carbocycles. The molecular formula is C11H31N2PSi3. The zero-order valence-corrected chi connectivity index (χ0v) is 17.3. The lowest BCUT2D eigenvalue weighted by Crippen LogP contribution is -2.55. The zero-order chi connectivity index (χ0) is 14.1. The maximum absolute atomic E-state index is 5.20. The van der Waals surface area contributed by atoms with Crippen molar-refractivity contribution in [1.82, 2.24) is 4.00 Å². The number of hydrogen-bond acceptors (Lipinski definition) is 1. The predicted molar refractivity (Wildman–Crippen MR) is 93.9 cm³/mol. The van der Waals surface area contributed by atoms with E-state index >= 15 is 0 Å². The van der Waals surface area contributed by atoms with Gasteiger partial charge in [0.1, 0.15) is 0 Å². The normalized spacial score (nSPS) is 15.6. The van der Waals surface area contributed by atoms with Gasteiger partial charge >= 0.3 is 0 Å². The van der Waals surface area contributed by atoms with E-state index < -0.39 is 24.7 Å². The summed E-state index contributed by atoms with van der Waals surface area (Å²) in [6.45, 7) is 24.0. The summed E-state index contributed by atoms with van der Waals surface area (Å²) >= 11 is 0. The fraction of sp³-hybridized carbons (Fsp3) is 0.909. The fourth-order valence-electron chi connectivity index (χ4n) is 2.15. The van der Waals surface area contributed by atoms with Crippen LogP contribution in [0.3, 0.4) is 0 Å². The predicted octanol–water partition coefficient (Wildman–Crippen LogP) is 5.30. The van der Waals surface area contributed by atoms with Crippen molar-refractivity contribution in [3.8, 4) is 0 Å². The van der Waals surface area contributed by atoms with Gasteiger partial charge in [0, 0.05) is 0 Å². The minimum atomic E-state index is -1.34. The van der Waals surface area contributed by atoms with Crippen molar-refractivity contribution in [3.05, 3.63) is 4.75 Å². The Bertz CT molecular complexity index is 271. The van der Waals surface area contributed by atoms with Crippen molar-refractivity contribution in [3.63, 3.8) is 0 Å². The molecule has 6 heteroatoms. The van der Waals surface area contributed by atoms with Crippen molar-refractivity contribution in [1.29, 1.82) is 0 Å². The van der Waals surface area contributed by atoms with Crippen LogP contribution in [0.1, 0.15) is 6.92 Å². The average molecular weight is 307 g/mol. The molecule has 0 amide bonds. The van der Waals surface area contributed by atoms with Crippen LogP contribution in [0.4, 0.5) is 0 Å². The first-order valence-corrected chi connectivity index (χ1v) is 18.1.